The fraction of sp³-hybridized carbons (Fsp3) is 1.00. The van der Waals surface area contributed by atoms with Crippen LogP contribution in [0.3, 0.4) is 0 Å². The second kappa shape index (κ2) is 4.81. The smallest absolute Gasteiger partial charge is 0.0578 e. The maximum Gasteiger partial charge on any atom is 0.0578 e. The van der Waals surface area contributed by atoms with Crippen LogP contribution in [0.25, 0.3) is 0 Å². The third-order valence-corrected chi connectivity index (χ3v) is 3.95. The van der Waals surface area contributed by atoms with Crippen molar-refractivity contribution >= 4 is 0 Å². The van der Waals surface area contributed by atoms with Crippen molar-refractivity contribution in [1.82, 2.24) is 10.2 Å². The third kappa shape index (κ3) is 2.71. The molecule has 1 aliphatic heterocycles. The van der Waals surface area contributed by atoms with Gasteiger partial charge >= 0.3 is 0 Å². The van der Waals surface area contributed by atoms with Gasteiger partial charge in [-0.3, -0.25) is 4.90 Å². The van der Waals surface area contributed by atoms with Crippen molar-refractivity contribution < 1.29 is 5.11 Å². The van der Waals surface area contributed by atoms with Crippen LogP contribution in [-0.4, -0.2) is 48.3 Å². The number of likely N-dealkylation sites (N-methyl/N-ethyl adjacent to an activating group) is 1. The number of aliphatic hydroxyl groups is 1. The van der Waals surface area contributed by atoms with Crippen LogP contribution in [0, 0.1) is 5.92 Å². The van der Waals surface area contributed by atoms with Gasteiger partial charge in [0.2, 0.25) is 0 Å². The van der Waals surface area contributed by atoms with E-state index in [0.29, 0.717) is 12.0 Å². The Morgan fingerprint density at radius 1 is 1.40 bits per heavy atom. The van der Waals surface area contributed by atoms with Crippen LogP contribution in [0.15, 0.2) is 0 Å². The van der Waals surface area contributed by atoms with Crippen LogP contribution in [-0.2, 0) is 0 Å². The molecular weight excluding hydrogens is 188 g/mol. The lowest BCUT2D eigenvalue weighted by molar-refractivity contribution is 0.0339. The topological polar surface area (TPSA) is 35.5 Å². The molecule has 1 heterocycles. The maximum atomic E-state index is 9.96. The van der Waals surface area contributed by atoms with E-state index < -0.39 is 0 Å². The number of hydrogen-bond acceptors (Lipinski definition) is 3. The number of aliphatic hydroxyl groups excluding tert-OH is 1. The van der Waals surface area contributed by atoms with Gasteiger partial charge in [-0.05, 0) is 38.6 Å². The van der Waals surface area contributed by atoms with Gasteiger partial charge in [-0.1, -0.05) is 6.92 Å². The highest BCUT2D eigenvalue weighted by Crippen LogP contribution is 2.32. The lowest BCUT2D eigenvalue weighted by Gasteiger charge is -2.39. The van der Waals surface area contributed by atoms with Gasteiger partial charge in [0, 0.05) is 25.2 Å². The Bertz CT molecular complexity index is 206. The Hall–Kier alpha value is -0.120. The minimum Gasteiger partial charge on any atom is -0.393 e. The van der Waals surface area contributed by atoms with Crippen LogP contribution < -0.4 is 5.32 Å². The molecule has 15 heavy (non-hydrogen) atoms. The molecule has 0 amide bonds. The summed E-state index contributed by atoms with van der Waals surface area (Å²) in [6.07, 6.45) is 4.65. The summed E-state index contributed by atoms with van der Waals surface area (Å²) in [5.41, 5.74) is 0. The average Bonchev–Trinajstić information content (AvgIpc) is 3.11. The molecule has 2 fully saturated rings. The Morgan fingerprint density at radius 3 is 2.67 bits per heavy atom. The molecule has 0 aromatic heterocycles. The highest BCUT2D eigenvalue weighted by atomic mass is 16.3. The molecule has 0 aromatic rings. The van der Waals surface area contributed by atoms with E-state index in [2.05, 4.69) is 17.1 Å². The molecule has 2 rings (SSSR count). The minimum absolute atomic E-state index is 0.109. The second-order valence-electron chi connectivity index (χ2n) is 5.14. The van der Waals surface area contributed by atoms with Gasteiger partial charge in [0.15, 0.2) is 0 Å². The SMILES string of the molecule is CCC(O)C1CC(NC)CN(C2CC2)C1. The van der Waals surface area contributed by atoms with E-state index in [-0.39, 0.29) is 6.10 Å². The maximum absolute atomic E-state index is 9.96. The number of piperidine rings is 1. The van der Waals surface area contributed by atoms with E-state index in [1.54, 1.807) is 0 Å². The average molecular weight is 212 g/mol. The Labute approximate surface area is 92.8 Å². The molecule has 3 heteroatoms. The van der Waals surface area contributed by atoms with Crippen molar-refractivity contribution in [3.05, 3.63) is 0 Å². The Morgan fingerprint density at radius 2 is 2.13 bits per heavy atom. The van der Waals surface area contributed by atoms with E-state index in [9.17, 15) is 5.11 Å². The van der Waals surface area contributed by atoms with Gasteiger partial charge < -0.3 is 10.4 Å². The van der Waals surface area contributed by atoms with Crippen LogP contribution in [0.4, 0.5) is 0 Å². The second-order valence-corrected chi connectivity index (χ2v) is 5.14. The zero-order valence-electron chi connectivity index (χ0n) is 9.95. The molecule has 1 aliphatic carbocycles. The molecule has 2 N–H and O–H groups in total. The highest BCUT2D eigenvalue weighted by Gasteiger charge is 2.37. The summed E-state index contributed by atoms with van der Waals surface area (Å²) >= 11 is 0. The largest absolute Gasteiger partial charge is 0.393 e. The molecule has 0 spiro atoms. The van der Waals surface area contributed by atoms with Crippen LogP contribution in [0.1, 0.15) is 32.6 Å². The first kappa shape index (κ1) is 11.4. The molecule has 1 saturated heterocycles. The minimum atomic E-state index is -0.109. The summed E-state index contributed by atoms with van der Waals surface area (Å²) in [5.74, 6) is 0.474. The van der Waals surface area contributed by atoms with Crippen molar-refractivity contribution in [2.45, 2.75) is 50.8 Å². The summed E-state index contributed by atoms with van der Waals surface area (Å²) in [4.78, 5) is 2.58. The zero-order valence-corrected chi connectivity index (χ0v) is 9.95. The van der Waals surface area contributed by atoms with Gasteiger partial charge in [-0.15, -0.1) is 0 Å². The molecule has 3 nitrogen and oxygen atoms in total. The van der Waals surface area contributed by atoms with Gasteiger partial charge in [0.25, 0.3) is 0 Å². The predicted molar refractivity (Wildman–Crippen MR) is 61.8 cm³/mol. The molecular formula is C12H24N2O. The normalized spacial score (nSPS) is 35.4. The van der Waals surface area contributed by atoms with E-state index in [1.807, 2.05) is 7.05 Å². The van der Waals surface area contributed by atoms with E-state index in [0.717, 1.165) is 25.4 Å². The number of rotatable bonds is 4. The summed E-state index contributed by atoms with van der Waals surface area (Å²) in [5, 5.41) is 13.3. The van der Waals surface area contributed by atoms with Gasteiger partial charge in [-0.25, -0.2) is 0 Å². The number of hydrogen-bond donors (Lipinski definition) is 2. The van der Waals surface area contributed by atoms with Crippen molar-refractivity contribution in [3.8, 4) is 0 Å². The fourth-order valence-corrected chi connectivity index (χ4v) is 2.73. The van der Waals surface area contributed by atoms with Crippen LogP contribution in [0.2, 0.25) is 0 Å². The summed E-state index contributed by atoms with van der Waals surface area (Å²) < 4.78 is 0. The molecule has 0 bridgehead atoms. The number of nitrogens with one attached hydrogen (secondary N) is 1. The quantitative estimate of drug-likeness (QED) is 0.724. The lowest BCUT2D eigenvalue weighted by atomic mass is 9.88. The number of nitrogens with zero attached hydrogens (tertiary/aromatic N) is 1. The van der Waals surface area contributed by atoms with E-state index in [4.69, 9.17) is 0 Å². The first-order chi connectivity index (χ1) is 7.24. The fourth-order valence-electron chi connectivity index (χ4n) is 2.73. The van der Waals surface area contributed by atoms with Gasteiger partial charge in [-0.2, -0.15) is 0 Å². The zero-order chi connectivity index (χ0) is 10.8. The molecule has 3 atom stereocenters. The summed E-state index contributed by atoms with van der Waals surface area (Å²) in [7, 11) is 2.04. The molecule has 88 valence electrons. The van der Waals surface area contributed by atoms with Crippen LogP contribution in [0.5, 0.6) is 0 Å². The van der Waals surface area contributed by atoms with Crippen molar-refractivity contribution in [3.63, 3.8) is 0 Å². The Balaban J connectivity index is 1.93. The molecule has 0 aromatic carbocycles. The lowest BCUT2D eigenvalue weighted by Crippen LogP contribution is -2.51. The van der Waals surface area contributed by atoms with Crippen molar-refractivity contribution in [1.29, 1.82) is 0 Å². The standard InChI is InChI=1S/C12H24N2O/c1-3-12(15)9-6-10(13-2)8-14(7-9)11-4-5-11/h9-13,15H,3-8H2,1-2H3. The van der Waals surface area contributed by atoms with Crippen molar-refractivity contribution in [2.24, 2.45) is 5.92 Å². The monoisotopic (exact) mass is 212 g/mol. The van der Waals surface area contributed by atoms with Gasteiger partial charge in [0.05, 0.1) is 6.10 Å². The van der Waals surface area contributed by atoms with E-state index >= 15 is 0 Å². The summed E-state index contributed by atoms with van der Waals surface area (Å²) in [6.45, 7) is 4.36. The molecule has 2 aliphatic rings. The van der Waals surface area contributed by atoms with Gasteiger partial charge in [0.1, 0.15) is 0 Å². The van der Waals surface area contributed by atoms with Crippen LogP contribution >= 0.6 is 0 Å². The Kier molecular flexibility index (Phi) is 3.65. The third-order valence-electron chi connectivity index (χ3n) is 3.95. The molecule has 3 unspecified atom stereocenters. The molecule has 1 saturated carbocycles. The number of likely N-dealkylation sites (tertiary alicyclic amines) is 1. The summed E-state index contributed by atoms with van der Waals surface area (Å²) in [6, 6.07) is 1.40. The molecule has 0 radical (unpaired) electrons. The predicted octanol–water partition coefficient (Wildman–Crippen LogP) is 0.830. The van der Waals surface area contributed by atoms with Crippen molar-refractivity contribution in [2.75, 3.05) is 20.1 Å². The first-order valence-corrected chi connectivity index (χ1v) is 6.34. The highest BCUT2D eigenvalue weighted by molar-refractivity contribution is 4.93. The van der Waals surface area contributed by atoms with E-state index in [1.165, 1.54) is 19.4 Å². The first-order valence-electron chi connectivity index (χ1n) is 6.34.